The Balaban J connectivity index is 2.55. The second-order valence-electron chi connectivity index (χ2n) is 4.81. The number of hydrogen-bond donors (Lipinski definition) is 2. The summed E-state index contributed by atoms with van der Waals surface area (Å²) < 4.78 is 0. The van der Waals surface area contributed by atoms with Crippen LogP contribution < -0.4 is 5.43 Å². The molecule has 4 heteroatoms. The average Bonchev–Trinajstić information content (AvgIpc) is 2.53. The molecule has 0 aliphatic carbocycles. The van der Waals surface area contributed by atoms with Crippen molar-refractivity contribution in [2.24, 2.45) is 5.10 Å². The van der Waals surface area contributed by atoms with Crippen LogP contribution in [-0.2, 0) is 10.4 Å². The topological polar surface area (TPSA) is 61.7 Å². The van der Waals surface area contributed by atoms with Crippen LogP contribution in [0.25, 0.3) is 0 Å². The summed E-state index contributed by atoms with van der Waals surface area (Å²) in [4.78, 5) is 11.0. The molecule has 0 spiro atoms. The van der Waals surface area contributed by atoms with Crippen LogP contribution in [0.5, 0.6) is 0 Å². The molecule has 0 aliphatic heterocycles. The highest BCUT2D eigenvalue weighted by atomic mass is 16.3. The highest BCUT2D eigenvalue weighted by molar-refractivity contribution is 5.95. The lowest BCUT2D eigenvalue weighted by Crippen LogP contribution is -2.37. The molecular weight excluding hydrogens is 264 g/mol. The molecule has 0 unspecified atom stereocenters. The molecule has 0 bridgehead atoms. The molecule has 2 rings (SSSR count). The number of nitrogens with zero attached hydrogens (tertiary/aromatic N) is 1. The van der Waals surface area contributed by atoms with E-state index in [2.05, 4.69) is 10.5 Å². The molecule has 0 aliphatic rings. The summed E-state index contributed by atoms with van der Waals surface area (Å²) in [6.45, 7) is 3.07. The van der Waals surface area contributed by atoms with E-state index in [0.29, 0.717) is 16.8 Å². The van der Waals surface area contributed by atoms with Crippen molar-refractivity contribution in [3.05, 3.63) is 71.8 Å². The summed E-state index contributed by atoms with van der Waals surface area (Å²) in [5, 5.41) is 15.3. The van der Waals surface area contributed by atoms with Gasteiger partial charge in [-0.15, -0.1) is 0 Å². The van der Waals surface area contributed by atoms with E-state index in [9.17, 15) is 9.90 Å². The highest BCUT2D eigenvalue weighted by Crippen LogP contribution is 2.31. The van der Waals surface area contributed by atoms with Gasteiger partial charge in [-0.3, -0.25) is 4.79 Å². The highest BCUT2D eigenvalue weighted by Gasteiger charge is 2.35. The number of carbonyl (C=O) groups is 1. The Morgan fingerprint density at radius 3 is 1.76 bits per heavy atom. The lowest BCUT2D eigenvalue weighted by atomic mass is 9.83. The van der Waals surface area contributed by atoms with Crippen molar-refractivity contribution >= 4 is 11.6 Å². The Labute approximate surface area is 124 Å². The lowest BCUT2D eigenvalue weighted by Gasteiger charge is -2.29. The maximum absolute atomic E-state index is 11.3. The summed E-state index contributed by atoms with van der Waals surface area (Å²) >= 11 is 0. The number of hydrogen-bond acceptors (Lipinski definition) is 3. The third-order valence-corrected chi connectivity index (χ3v) is 3.29. The van der Waals surface area contributed by atoms with E-state index in [1.165, 1.54) is 6.92 Å². The Bertz CT molecular complexity index is 597. The summed E-state index contributed by atoms with van der Waals surface area (Å²) in [6.07, 6.45) is 0. The first-order valence-electron chi connectivity index (χ1n) is 6.70. The minimum absolute atomic E-state index is 0.280. The molecule has 0 atom stereocenters. The SMILES string of the molecule is CC(=O)N/N=C(/C)C(O)(c1ccccc1)c1ccccc1. The van der Waals surface area contributed by atoms with Gasteiger partial charge in [-0.2, -0.15) is 5.10 Å². The summed E-state index contributed by atoms with van der Waals surface area (Å²) in [7, 11) is 0. The number of aliphatic hydroxyl groups is 1. The maximum atomic E-state index is 11.3. The summed E-state index contributed by atoms with van der Waals surface area (Å²) in [5.74, 6) is -0.280. The fraction of sp³-hybridized carbons (Fsp3) is 0.176. The van der Waals surface area contributed by atoms with Crippen LogP contribution >= 0.6 is 0 Å². The number of amides is 1. The van der Waals surface area contributed by atoms with E-state index in [1.807, 2.05) is 60.7 Å². The van der Waals surface area contributed by atoms with Gasteiger partial charge < -0.3 is 5.11 Å². The van der Waals surface area contributed by atoms with E-state index in [0.717, 1.165) is 0 Å². The Morgan fingerprint density at radius 2 is 1.38 bits per heavy atom. The van der Waals surface area contributed by atoms with Gasteiger partial charge in [0.1, 0.15) is 0 Å². The third-order valence-electron chi connectivity index (χ3n) is 3.29. The number of nitrogens with one attached hydrogen (secondary N) is 1. The van der Waals surface area contributed by atoms with Gasteiger partial charge in [-0.1, -0.05) is 60.7 Å². The molecule has 0 heterocycles. The molecule has 0 saturated heterocycles. The summed E-state index contributed by atoms with van der Waals surface area (Å²) in [6, 6.07) is 18.5. The number of hydrazone groups is 1. The van der Waals surface area contributed by atoms with Crippen molar-refractivity contribution in [2.45, 2.75) is 19.4 Å². The third kappa shape index (κ3) is 3.17. The number of carbonyl (C=O) groups excluding carboxylic acids is 1. The minimum atomic E-state index is -1.38. The van der Waals surface area contributed by atoms with E-state index in [4.69, 9.17) is 0 Å². The molecule has 108 valence electrons. The molecule has 2 aromatic rings. The molecule has 2 aromatic carbocycles. The fourth-order valence-corrected chi connectivity index (χ4v) is 2.19. The number of rotatable bonds is 4. The van der Waals surface area contributed by atoms with Crippen molar-refractivity contribution in [1.29, 1.82) is 0 Å². The largest absolute Gasteiger partial charge is 0.375 e. The first-order chi connectivity index (χ1) is 10.0. The molecule has 1 amide bonds. The first-order valence-corrected chi connectivity index (χ1v) is 6.70. The zero-order chi connectivity index (χ0) is 15.3. The van der Waals surface area contributed by atoms with Gasteiger partial charge in [0.25, 0.3) is 0 Å². The van der Waals surface area contributed by atoms with Gasteiger partial charge >= 0.3 is 0 Å². The summed E-state index contributed by atoms with van der Waals surface area (Å²) in [5.41, 5.74) is 2.79. The van der Waals surface area contributed by atoms with Crippen LogP contribution in [0.3, 0.4) is 0 Å². The molecule has 2 N–H and O–H groups in total. The normalized spacial score (nSPS) is 12.0. The van der Waals surface area contributed by atoms with Crippen LogP contribution in [0.4, 0.5) is 0 Å². The van der Waals surface area contributed by atoms with Crippen LogP contribution in [0.15, 0.2) is 65.8 Å². The standard InChI is InChI=1S/C17H18N2O2/c1-13(18-19-14(2)20)17(21,15-9-5-3-6-10-15)16-11-7-4-8-12-16/h3-12,21H,1-2H3,(H,19,20)/b18-13-. The Morgan fingerprint density at radius 1 is 0.952 bits per heavy atom. The molecule has 0 saturated carbocycles. The first kappa shape index (κ1) is 14.9. The van der Waals surface area contributed by atoms with Gasteiger partial charge in [0.2, 0.25) is 5.91 Å². The minimum Gasteiger partial charge on any atom is -0.375 e. The molecule has 4 nitrogen and oxygen atoms in total. The monoisotopic (exact) mass is 282 g/mol. The maximum Gasteiger partial charge on any atom is 0.236 e. The van der Waals surface area contributed by atoms with Gasteiger partial charge in [0.05, 0.1) is 5.71 Å². The smallest absolute Gasteiger partial charge is 0.236 e. The van der Waals surface area contributed by atoms with E-state index < -0.39 is 5.60 Å². The van der Waals surface area contributed by atoms with Crippen LogP contribution in [-0.4, -0.2) is 16.7 Å². The van der Waals surface area contributed by atoms with E-state index in [-0.39, 0.29) is 5.91 Å². The second-order valence-corrected chi connectivity index (χ2v) is 4.81. The van der Waals surface area contributed by atoms with Crippen molar-refractivity contribution in [3.8, 4) is 0 Å². The van der Waals surface area contributed by atoms with Crippen molar-refractivity contribution in [1.82, 2.24) is 5.43 Å². The fourth-order valence-electron chi connectivity index (χ4n) is 2.19. The molecule has 0 fully saturated rings. The van der Waals surface area contributed by atoms with Gasteiger partial charge in [-0.05, 0) is 18.1 Å². The average molecular weight is 282 g/mol. The molecule has 0 radical (unpaired) electrons. The van der Waals surface area contributed by atoms with Crippen LogP contribution in [0.1, 0.15) is 25.0 Å². The second kappa shape index (κ2) is 6.33. The van der Waals surface area contributed by atoms with E-state index >= 15 is 0 Å². The van der Waals surface area contributed by atoms with Gasteiger partial charge in [-0.25, -0.2) is 5.43 Å². The van der Waals surface area contributed by atoms with E-state index in [1.54, 1.807) is 6.92 Å². The zero-order valence-electron chi connectivity index (χ0n) is 12.1. The zero-order valence-corrected chi connectivity index (χ0v) is 12.1. The predicted molar refractivity (Wildman–Crippen MR) is 82.8 cm³/mol. The van der Waals surface area contributed by atoms with Crippen LogP contribution in [0.2, 0.25) is 0 Å². The van der Waals surface area contributed by atoms with Crippen LogP contribution in [0, 0.1) is 0 Å². The quantitative estimate of drug-likeness (QED) is 0.668. The van der Waals surface area contributed by atoms with Gasteiger partial charge in [0, 0.05) is 6.92 Å². The molecular formula is C17H18N2O2. The number of benzene rings is 2. The van der Waals surface area contributed by atoms with Crippen molar-refractivity contribution in [3.63, 3.8) is 0 Å². The Kier molecular flexibility index (Phi) is 4.50. The lowest BCUT2D eigenvalue weighted by molar-refractivity contribution is -0.118. The van der Waals surface area contributed by atoms with Gasteiger partial charge in [0.15, 0.2) is 5.60 Å². The Hall–Kier alpha value is -2.46. The molecule has 0 aromatic heterocycles. The van der Waals surface area contributed by atoms with Crippen molar-refractivity contribution in [2.75, 3.05) is 0 Å². The van der Waals surface area contributed by atoms with Crippen molar-refractivity contribution < 1.29 is 9.90 Å². The predicted octanol–water partition coefficient (Wildman–Crippen LogP) is 2.43. The molecule has 21 heavy (non-hydrogen) atoms.